The number of aryl methyl sites for hydroxylation is 2. The van der Waals surface area contributed by atoms with Crippen molar-refractivity contribution in [2.24, 2.45) is 0 Å². The quantitative estimate of drug-likeness (QED) is 0.0392. The normalized spacial score (nSPS) is 11.3. The molecule has 0 unspecified atom stereocenters. The van der Waals surface area contributed by atoms with Crippen LogP contribution >= 0.6 is 0 Å². The third-order valence-electron chi connectivity index (χ3n) is 9.35. The number of phenolic OH excluding ortho intramolecular Hbond substituents is 1. The number of rotatable bonds is 24. The van der Waals surface area contributed by atoms with E-state index in [9.17, 15) is 36.2 Å². The van der Waals surface area contributed by atoms with E-state index in [1.165, 1.54) is 131 Å². The zero-order valence-corrected chi connectivity index (χ0v) is 37.3. The molecule has 2 N–H and O–H groups in total. The maximum absolute atomic E-state index is 11.7. The molecule has 0 radical (unpaired) electrons. The summed E-state index contributed by atoms with van der Waals surface area (Å²) >= 11 is 0. The predicted octanol–water partition coefficient (Wildman–Crippen LogP) is 10.9. The van der Waals surface area contributed by atoms with Crippen molar-refractivity contribution >= 4 is 58.0 Å². The summed E-state index contributed by atoms with van der Waals surface area (Å²) < 4.78 is 77.3. The largest absolute Gasteiger partial charge is 2.00 e. The standard InChI is InChI=1S/2C22H30O5S.Ca/c2*1-2-3-4-5-6-7-8-9-11-18-14-16-19(17-15-18)27-21-13-10-12-20(23)22(21)28(24,25)26;/h2*10,12-17,23H,2-9,11H2,1H3,(H,24,25,26);/q;;+2/p-2. The van der Waals surface area contributed by atoms with E-state index in [1.807, 2.05) is 24.3 Å². The van der Waals surface area contributed by atoms with Gasteiger partial charge in [-0.25, -0.2) is 8.42 Å². The molecule has 4 aromatic carbocycles. The van der Waals surface area contributed by atoms with Gasteiger partial charge in [0.2, 0.25) is 0 Å². The van der Waals surface area contributed by atoms with E-state index in [0.717, 1.165) is 31.7 Å². The first-order chi connectivity index (χ1) is 26.8. The minimum absolute atomic E-state index is 0. The summed E-state index contributed by atoms with van der Waals surface area (Å²) in [6, 6.07) is 22.4. The molecule has 0 saturated heterocycles. The van der Waals surface area contributed by atoms with Crippen molar-refractivity contribution < 1.29 is 45.6 Å². The summed E-state index contributed by atoms with van der Waals surface area (Å²) in [6.07, 6.45) is 22.4. The van der Waals surface area contributed by atoms with E-state index in [4.69, 9.17) is 9.47 Å². The molecule has 0 heterocycles. The SMILES string of the molecule is CCCCCCCCCCc1ccc(Oc2cccc(O)c2S(=O)(=O)O)cc1.CCCCCCCCCCc1ccc(Oc2cccc([O-])c2S(=O)(=O)[O-])cc1.[Ca+2]. The molecule has 0 aliphatic carbocycles. The molecular weight excluding hydrogens is 793 g/mol. The Kier molecular flexibility index (Phi) is 23.8. The number of phenols is 1. The summed E-state index contributed by atoms with van der Waals surface area (Å²) in [4.78, 5) is -1.48. The Morgan fingerprint density at radius 2 is 0.895 bits per heavy atom. The van der Waals surface area contributed by atoms with Crippen molar-refractivity contribution in [3.05, 3.63) is 96.1 Å². The Morgan fingerprint density at radius 1 is 0.526 bits per heavy atom. The Balaban J connectivity index is 0.000000387. The molecular formula is C44H58CaO10S2. The van der Waals surface area contributed by atoms with Crippen LogP contribution in [-0.4, -0.2) is 68.8 Å². The minimum atomic E-state index is -4.91. The zero-order chi connectivity index (χ0) is 40.8. The number of hydrogen-bond acceptors (Lipinski definition) is 9. The second kappa shape index (κ2) is 27.0. The molecule has 0 spiro atoms. The molecule has 0 amide bonds. The van der Waals surface area contributed by atoms with Crippen LogP contribution in [0.15, 0.2) is 94.7 Å². The third kappa shape index (κ3) is 19.2. The molecule has 0 bridgehead atoms. The number of ether oxygens (including phenoxy) is 2. The number of aromatic hydroxyl groups is 1. The van der Waals surface area contributed by atoms with Crippen molar-refractivity contribution in [3.8, 4) is 34.5 Å². The van der Waals surface area contributed by atoms with Crippen molar-refractivity contribution in [1.82, 2.24) is 0 Å². The number of benzene rings is 4. The average Bonchev–Trinajstić information content (AvgIpc) is 3.14. The fourth-order valence-corrected chi connectivity index (χ4v) is 7.66. The van der Waals surface area contributed by atoms with Crippen molar-refractivity contribution in [3.63, 3.8) is 0 Å². The van der Waals surface area contributed by atoms with Crippen LogP contribution < -0.4 is 14.6 Å². The first kappa shape index (κ1) is 50.3. The molecule has 13 heteroatoms. The smallest absolute Gasteiger partial charge is 0.872 e. The van der Waals surface area contributed by atoms with Crippen molar-refractivity contribution in [2.75, 3.05) is 0 Å². The van der Waals surface area contributed by atoms with Gasteiger partial charge < -0.3 is 24.2 Å². The summed E-state index contributed by atoms with van der Waals surface area (Å²) in [6.45, 7) is 4.45. The first-order valence-corrected chi connectivity index (χ1v) is 22.8. The van der Waals surface area contributed by atoms with Crippen LogP contribution in [0, 0.1) is 0 Å². The van der Waals surface area contributed by atoms with E-state index < -0.39 is 41.5 Å². The Hall–Kier alpha value is -2.84. The summed E-state index contributed by atoms with van der Waals surface area (Å²) in [5, 5.41) is 21.4. The van der Waals surface area contributed by atoms with Crippen LogP contribution in [0.5, 0.6) is 34.5 Å². The molecule has 4 aromatic rings. The molecule has 57 heavy (non-hydrogen) atoms. The van der Waals surface area contributed by atoms with Crippen LogP contribution in [0.25, 0.3) is 0 Å². The molecule has 10 nitrogen and oxygen atoms in total. The van der Waals surface area contributed by atoms with Crippen molar-refractivity contribution in [2.45, 2.75) is 139 Å². The topological polar surface area (TPSA) is 173 Å². The molecule has 0 saturated carbocycles. The van der Waals surface area contributed by atoms with Gasteiger partial charge in [0.05, 0.1) is 4.90 Å². The Morgan fingerprint density at radius 3 is 1.28 bits per heavy atom. The van der Waals surface area contributed by atoms with E-state index >= 15 is 0 Å². The first-order valence-electron chi connectivity index (χ1n) is 19.9. The fraction of sp³-hybridized carbons (Fsp3) is 0.455. The molecule has 308 valence electrons. The van der Waals surface area contributed by atoms with Crippen LogP contribution in [0.1, 0.15) is 128 Å². The van der Waals surface area contributed by atoms with Gasteiger partial charge in [0, 0.05) is 0 Å². The van der Waals surface area contributed by atoms with Crippen LogP contribution in [-0.2, 0) is 33.1 Å². The van der Waals surface area contributed by atoms with Gasteiger partial charge >= 0.3 is 47.9 Å². The summed E-state index contributed by atoms with van der Waals surface area (Å²) in [5.74, 6) is -0.938. The second-order valence-corrected chi connectivity index (χ2v) is 16.7. The Bertz CT molecular complexity index is 1810. The summed E-state index contributed by atoms with van der Waals surface area (Å²) in [7, 11) is -9.50. The molecule has 0 aliphatic heterocycles. The average molecular weight is 851 g/mol. The van der Waals surface area contributed by atoms with Gasteiger partial charge in [0.15, 0.2) is 10.6 Å². The van der Waals surface area contributed by atoms with Crippen LogP contribution in [0.3, 0.4) is 0 Å². The maximum atomic E-state index is 11.7. The van der Waals surface area contributed by atoms with Crippen LogP contribution in [0.4, 0.5) is 0 Å². The summed E-state index contributed by atoms with van der Waals surface area (Å²) in [5.41, 5.74) is 2.37. The second-order valence-electron chi connectivity index (χ2n) is 14.1. The van der Waals surface area contributed by atoms with Gasteiger partial charge in [-0.3, -0.25) is 4.55 Å². The van der Waals surface area contributed by atoms with Crippen molar-refractivity contribution in [1.29, 1.82) is 0 Å². The monoisotopic (exact) mass is 850 g/mol. The van der Waals surface area contributed by atoms with E-state index in [0.29, 0.717) is 11.5 Å². The van der Waals surface area contributed by atoms with Gasteiger partial charge in [0.1, 0.15) is 33.1 Å². The van der Waals surface area contributed by atoms with E-state index in [1.54, 1.807) is 24.3 Å². The number of unbranched alkanes of at least 4 members (excludes halogenated alkanes) is 14. The molecule has 4 rings (SSSR count). The van der Waals surface area contributed by atoms with Gasteiger partial charge in [-0.15, -0.1) is 0 Å². The minimum Gasteiger partial charge on any atom is -0.872 e. The third-order valence-corrected chi connectivity index (χ3v) is 11.2. The van der Waals surface area contributed by atoms with Gasteiger partial charge in [-0.2, -0.15) is 8.42 Å². The number of hydrogen-bond donors (Lipinski definition) is 2. The van der Waals surface area contributed by atoms with E-state index in [2.05, 4.69) is 13.8 Å². The Labute approximate surface area is 370 Å². The van der Waals surface area contributed by atoms with Crippen LogP contribution in [0.2, 0.25) is 0 Å². The van der Waals surface area contributed by atoms with Gasteiger partial charge in [-0.05, 0) is 79.3 Å². The van der Waals surface area contributed by atoms with E-state index in [-0.39, 0.29) is 49.2 Å². The maximum Gasteiger partial charge on any atom is 2.00 e. The zero-order valence-electron chi connectivity index (χ0n) is 33.5. The van der Waals surface area contributed by atoms with Gasteiger partial charge in [-0.1, -0.05) is 152 Å². The van der Waals surface area contributed by atoms with Gasteiger partial charge in [0.25, 0.3) is 0 Å². The molecule has 0 aromatic heterocycles. The predicted molar refractivity (Wildman–Crippen MR) is 223 cm³/mol. The fourth-order valence-electron chi connectivity index (χ4n) is 6.29. The molecule has 0 aliphatic rings. The molecule has 0 atom stereocenters. The molecule has 0 fully saturated rings.